The van der Waals surface area contributed by atoms with Crippen LogP contribution in [0.5, 0.6) is 0 Å². The average Bonchev–Trinajstić information content (AvgIpc) is 3.05. The van der Waals surface area contributed by atoms with Crippen LogP contribution in [0.15, 0.2) is 120 Å². The maximum atomic E-state index is 13.9. The van der Waals surface area contributed by atoms with Crippen molar-refractivity contribution in [1.82, 2.24) is 4.31 Å². The van der Waals surface area contributed by atoms with Crippen LogP contribution in [0.4, 0.5) is 0 Å². The van der Waals surface area contributed by atoms with Crippen LogP contribution >= 0.6 is 0 Å². The van der Waals surface area contributed by atoms with E-state index in [1.807, 2.05) is 97.9 Å². The average molecular weight is 618 g/mol. The van der Waals surface area contributed by atoms with Gasteiger partial charge in [0.1, 0.15) is 24.4 Å². The summed E-state index contributed by atoms with van der Waals surface area (Å²) in [6.07, 6.45) is -5.75. The molecule has 0 spiro atoms. The highest BCUT2D eigenvalue weighted by Gasteiger charge is 2.45. The molecular formula is C35H39NO7S. The van der Waals surface area contributed by atoms with Crippen molar-refractivity contribution >= 4 is 10.0 Å². The maximum Gasteiger partial charge on any atom is 0.243 e. The van der Waals surface area contributed by atoms with Crippen molar-refractivity contribution in [2.24, 2.45) is 0 Å². The standard InChI is InChI=1S/C35H39NO7S/c1-26-17-19-30(20-18-26)44(39,40)36-21-31(37)33(38)35(43-25-29-15-9-4-10-16-29)34(42-24-28-13-7-3-8-14-28)32(22-36)41-23-27-11-5-2-6-12-27/h2-20,31-35,37-38H,21-25H2,1H3/t31-,32+,33-,34-,35-/m1/s1. The van der Waals surface area contributed by atoms with E-state index in [9.17, 15) is 18.6 Å². The normalized spacial score (nSPS) is 23.1. The first-order valence-corrected chi connectivity index (χ1v) is 16.1. The lowest BCUT2D eigenvalue weighted by atomic mass is 9.95. The Morgan fingerprint density at radius 3 is 1.59 bits per heavy atom. The zero-order valence-electron chi connectivity index (χ0n) is 24.7. The molecule has 0 aromatic heterocycles. The Morgan fingerprint density at radius 1 is 0.636 bits per heavy atom. The molecule has 0 bridgehead atoms. The minimum absolute atomic E-state index is 0.0887. The van der Waals surface area contributed by atoms with Crippen molar-refractivity contribution < 1.29 is 32.8 Å². The van der Waals surface area contributed by atoms with Crippen LogP contribution in [0.1, 0.15) is 22.3 Å². The van der Waals surface area contributed by atoms with E-state index in [1.54, 1.807) is 24.3 Å². The molecule has 4 aromatic carbocycles. The molecule has 44 heavy (non-hydrogen) atoms. The quantitative estimate of drug-likeness (QED) is 0.256. The number of sulfonamides is 1. The van der Waals surface area contributed by atoms with Crippen molar-refractivity contribution in [3.63, 3.8) is 0 Å². The summed E-state index contributed by atoms with van der Waals surface area (Å²) in [5, 5.41) is 22.8. The number of ether oxygens (including phenoxy) is 3. The van der Waals surface area contributed by atoms with E-state index >= 15 is 0 Å². The second-order valence-electron chi connectivity index (χ2n) is 11.1. The molecule has 5 atom stereocenters. The molecule has 4 aromatic rings. The summed E-state index contributed by atoms with van der Waals surface area (Å²) in [4.78, 5) is 0.0887. The zero-order valence-corrected chi connectivity index (χ0v) is 25.5. The first-order chi connectivity index (χ1) is 21.3. The summed E-state index contributed by atoms with van der Waals surface area (Å²) in [6, 6.07) is 35.2. The summed E-state index contributed by atoms with van der Waals surface area (Å²) in [5.74, 6) is 0. The van der Waals surface area contributed by atoms with Gasteiger partial charge in [0.05, 0.1) is 30.8 Å². The number of nitrogens with zero attached hydrogens (tertiary/aromatic N) is 1. The van der Waals surface area contributed by atoms with Crippen LogP contribution in [-0.2, 0) is 44.1 Å². The second kappa shape index (κ2) is 15.0. The van der Waals surface area contributed by atoms with E-state index in [-0.39, 0.29) is 37.8 Å². The first kappa shape index (κ1) is 32.0. The van der Waals surface area contributed by atoms with Gasteiger partial charge in [-0.15, -0.1) is 0 Å². The van der Waals surface area contributed by atoms with E-state index in [4.69, 9.17) is 14.2 Å². The summed E-state index contributed by atoms with van der Waals surface area (Å²) in [7, 11) is -4.07. The molecule has 8 nitrogen and oxygen atoms in total. The molecule has 5 rings (SSSR count). The fraction of sp³-hybridized carbons (Fsp3) is 0.314. The van der Waals surface area contributed by atoms with Crippen molar-refractivity contribution in [1.29, 1.82) is 0 Å². The monoisotopic (exact) mass is 617 g/mol. The summed E-state index contributed by atoms with van der Waals surface area (Å²) in [5.41, 5.74) is 3.58. The van der Waals surface area contributed by atoms with Gasteiger partial charge in [-0.05, 0) is 35.7 Å². The largest absolute Gasteiger partial charge is 0.389 e. The fourth-order valence-corrected chi connectivity index (χ4v) is 6.70. The van der Waals surface area contributed by atoms with Crippen molar-refractivity contribution in [2.75, 3.05) is 13.1 Å². The molecule has 0 aliphatic carbocycles. The SMILES string of the molecule is Cc1ccc(S(=O)(=O)N2C[C@@H](O)[C@@H](O)[C@@H](OCc3ccccc3)[C@H](OCc3ccccc3)[C@@H](OCc3ccccc3)C2)cc1. The van der Waals surface area contributed by atoms with Crippen LogP contribution < -0.4 is 0 Å². The Morgan fingerprint density at radius 2 is 1.09 bits per heavy atom. The van der Waals surface area contributed by atoms with Crippen molar-refractivity contribution in [3.8, 4) is 0 Å². The van der Waals surface area contributed by atoms with Gasteiger partial charge in [-0.25, -0.2) is 8.42 Å². The Hall–Kier alpha value is -3.41. The van der Waals surface area contributed by atoms with E-state index in [2.05, 4.69) is 0 Å². The van der Waals surface area contributed by atoms with Gasteiger partial charge in [0.15, 0.2) is 0 Å². The molecule has 1 aliphatic heterocycles. The van der Waals surface area contributed by atoms with Gasteiger partial charge in [0.2, 0.25) is 10.0 Å². The van der Waals surface area contributed by atoms with Gasteiger partial charge < -0.3 is 24.4 Å². The number of aryl methyl sites for hydroxylation is 1. The lowest BCUT2D eigenvalue weighted by Crippen LogP contribution is -2.60. The van der Waals surface area contributed by atoms with Gasteiger partial charge in [-0.2, -0.15) is 4.31 Å². The Bertz CT molecular complexity index is 1540. The maximum absolute atomic E-state index is 13.9. The topological polar surface area (TPSA) is 106 Å². The van der Waals surface area contributed by atoms with Gasteiger partial charge in [0.25, 0.3) is 0 Å². The van der Waals surface area contributed by atoms with Gasteiger partial charge >= 0.3 is 0 Å². The van der Waals surface area contributed by atoms with Crippen LogP contribution in [0, 0.1) is 6.92 Å². The second-order valence-corrected chi connectivity index (χ2v) is 13.0. The summed E-state index contributed by atoms with van der Waals surface area (Å²) in [6.45, 7) is 1.90. The minimum atomic E-state index is -4.07. The highest BCUT2D eigenvalue weighted by Crippen LogP contribution is 2.28. The molecule has 1 saturated heterocycles. The van der Waals surface area contributed by atoms with Crippen molar-refractivity contribution in [3.05, 3.63) is 138 Å². The van der Waals surface area contributed by atoms with Gasteiger partial charge in [-0.1, -0.05) is 109 Å². The molecule has 0 unspecified atom stereocenters. The molecule has 0 radical (unpaired) electrons. The first-order valence-electron chi connectivity index (χ1n) is 14.7. The lowest BCUT2D eigenvalue weighted by molar-refractivity contribution is -0.204. The molecule has 232 valence electrons. The van der Waals surface area contributed by atoms with Crippen LogP contribution in [0.25, 0.3) is 0 Å². The summed E-state index contributed by atoms with van der Waals surface area (Å²) < 4.78 is 48.2. The molecule has 0 amide bonds. The smallest absolute Gasteiger partial charge is 0.243 e. The van der Waals surface area contributed by atoms with Crippen LogP contribution in [0.3, 0.4) is 0 Å². The van der Waals surface area contributed by atoms with E-state index in [1.165, 1.54) is 4.31 Å². The number of hydrogen-bond acceptors (Lipinski definition) is 7. The van der Waals surface area contributed by atoms with Gasteiger partial charge in [-0.3, -0.25) is 0 Å². The predicted molar refractivity (Wildman–Crippen MR) is 167 cm³/mol. The Balaban J connectivity index is 1.51. The summed E-state index contributed by atoms with van der Waals surface area (Å²) >= 11 is 0. The van der Waals surface area contributed by atoms with E-state index in [0.717, 1.165) is 22.3 Å². The zero-order chi connectivity index (χ0) is 30.9. The Kier molecular flexibility index (Phi) is 10.9. The minimum Gasteiger partial charge on any atom is -0.389 e. The highest BCUT2D eigenvalue weighted by atomic mass is 32.2. The van der Waals surface area contributed by atoms with Gasteiger partial charge in [0, 0.05) is 13.1 Å². The Labute approximate surface area is 259 Å². The van der Waals surface area contributed by atoms with Crippen molar-refractivity contribution in [2.45, 2.75) is 62.2 Å². The number of aliphatic hydroxyl groups is 2. The van der Waals surface area contributed by atoms with E-state index < -0.39 is 40.5 Å². The number of rotatable bonds is 11. The lowest BCUT2D eigenvalue weighted by Gasteiger charge is -2.42. The third-order valence-corrected chi connectivity index (χ3v) is 9.58. The molecular weight excluding hydrogens is 578 g/mol. The van der Waals surface area contributed by atoms with Crippen LogP contribution in [-0.4, -0.2) is 66.5 Å². The third-order valence-electron chi connectivity index (χ3n) is 7.73. The van der Waals surface area contributed by atoms with Crippen LogP contribution in [0.2, 0.25) is 0 Å². The highest BCUT2D eigenvalue weighted by molar-refractivity contribution is 7.89. The third kappa shape index (κ3) is 8.19. The molecule has 2 N–H and O–H groups in total. The number of benzene rings is 4. The molecule has 0 saturated carbocycles. The number of aliphatic hydroxyl groups excluding tert-OH is 2. The number of hydrogen-bond donors (Lipinski definition) is 2. The van der Waals surface area contributed by atoms with E-state index in [0.29, 0.717) is 0 Å². The molecule has 1 heterocycles. The molecule has 1 aliphatic rings. The molecule has 1 fully saturated rings. The fourth-order valence-electron chi connectivity index (χ4n) is 5.23. The predicted octanol–water partition coefficient (Wildman–Crippen LogP) is 4.48. The number of β-amino-alcohol motifs (C(OH)–C–C–N with tert-alkyl or cyclic N) is 1. The molecule has 9 heteroatoms.